The molecule has 5 heteroatoms. The van der Waals surface area contributed by atoms with Crippen LogP contribution in [0, 0.1) is 13.8 Å². The van der Waals surface area contributed by atoms with E-state index in [1.165, 1.54) is 23.0 Å². The fourth-order valence-electron chi connectivity index (χ4n) is 2.06. The molecule has 2 rings (SSSR count). The Morgan fingerprint density at radius 3 is 2.67 bits per heavy atom. The van der Waals surface area contributed by atoms with Crippen LogP contribution < -0.4 is 11.1 Å². The van der Waals surface area contributed by atoms with Crippen LogP contribution in [0.4, 0.5) is 10.1 Å². The standard InChI is InChI=1S/C16H19N3OS/c1-9(2)7-13(20)18-16-19-14(15(17)21-16)12-6-5-10(3)8-11(12)4/h5-8H,17H2,1-4H3,(H,18,19,20). The van der Waals surface area contributed by atoms with Crippen molar-refractivity contribution in [1.82, 2.24) is 4.98 Å². The van der Waals surface area contributed by atoms with E-state index in [9.17, 15) is 4.79 Å². The number of allylic oxidation sites excluding steroid dienone is 1. The Hall–Kier alpha value is -2.14. The van der Waals surface area contributed by atoms with Gasteiger partial charge < -0.3 is 5.73 Å². The van der Waals surface area contributed by atoms with Gasteiger partial charge in [-0.2, -0.15) is 0 Å². The van der Waals surface area contributed by atoms with Gasteiger partial charge in [-0.15, -0.1) is 0 Å². The van der Waals surface area contributed by atoms with Gasteiger partial charge in [0.15, 0.2) is 5.13 Å². The second-order valence-electron chi connectivity index (χ2n) is 5.26. The quantitative estimate of drug-likeness (QED) is 0.844. The minimum atomic E-state index is -0.184. The molecule has 2 aromatic rings. The molecule has 0 atom stereocenters. The summed E-state index contributed by atoms with van der Waals surface area (Å²) in [5.41, 5.74) is 11.0. The zero-order chi connectivity index (χ0) is 15.6. The first-order chi connectivity index (χ1) is 9.86. The summed E-state index contributed by atoms with van der Waals surface area (Å²) < 4.78 is 0. The first-order valence-electron chi connectivity index (χ1n) is 6.66. The number of thiazole rings is 1. The summed E-state index contributed by atoms with van der Waals surface area (Å²) in [6.45, 7) is 7.82. The molecule has 0 aliphatic rings. The van der Waals surface area contributed by atoms with Gasteiger partial charge in [0.2, 0.25) is 5.91 Å². The number of carbonyl (C=O) groups excluding carboxylic acids is 1. The average molecular weight is 301 g/mol. The molecule has 0 bridgehead atoms. The molecule has 0 saturated heterocycles. The van der Waals surface area contributed by atoms with E-state index in [2.05, 4.69) is 16.4 Å². The van der Waals surface area contributed by atoms with Crippen LogP contribution in [-0.2, 0) is 4.79 Å². The number of aromatic nitrogens is 1. The minimum Gasteiger partial charge on any atom is -0.389 e. The zero-order valence-corrected chi connectivity index (χ0v) is 13.5. The molecule has 0 saturated carbocycles. The van der Waals surface area contributed by atoms with Gasteiger partial charge in [-0.05, 0) is 33.3 Å². The van der Waals surface area contributed by atoms with Crippen LogP contribution >= 0.6 is 11.3 Å². The largest absolute Gasteiger partial charge is 0.389 e. The molecule has 0 fully saturated rings. The molecule has 0 spiro atoms. The van der Waals surface area contributed by atoms with Crippen molar-refractivity contribution in [1.29, 1.82) is 0 Å². The molecular weight excluding hydrogens is 282 g/mol. The number of anilines is 2. The van der Waals surface area contributed by atoms with Gasteiger partial charge in [-0.25, -0.2) is 4.98 Å². The maximum Gasteiger partial charge on any atom is 0.250 e. The number of nitrogens with one attached hydrogen (secondary N) is 1. The first-order valence-corrected chi connectivity index (χ1v) is 7.48. The van der Waals surface area contributed by atoms with E-state index in [4.69, 9.17) is 5.73 Å². The van der Waals surface area contributed by atoms with Crippen molar-refractivity contribution in [3.05, 3.63) is 41.0 Å². The third-order valence-electron chi connectivity index (χ3n) is 2.94. The Balaban J connectivity index is 2.31. The van der Waals surface area contributed by atoms with Crippen molar-refractivity contribution >= 4 is 27.4 Å². The average Bonchev–Trinajstić information content (AvgIpc) is 2.68. The lowest BCUT2D eigenvalue weighted by molar-refractivity contribution is -0.111. The van der Waals surface area contributed by atoms with Crippen molar-refractivity contribution in [3.8, 4) is 11.3 Å². The predicted octanol–water partition coefficient (Wildman–Crippen LogP) is 3.91. The molecule has 1 amide bonds. The molecular formula is C16H19N3OS. The van der Waals surface area contributed by atoms with Gasteiger partial charge in [0, 0.05) is 11.6 Å². The molecule has 3 N–H and O–H groups in total. The number of carbonyl (C=O) groups is 1. The van der Waals surface area contributed by atoms with Crippen LogP contribution in [-0.4, -0.2) is 10.9 Å². The lowest BCUT2D eigenvalue weighted by Gasteiger charge is -2.04. The van der Waals surface area contributed by atoms with E-state index in [0.29, 0.717) is 10.1 Å². The number of rotatable bonds is 3. The lowest BCUT2D eigenvalue weighted by atomic mass is 10.0. The number of aryl methyl sites for hydroxylation is 2. The van der Waals surface area contributed by atoms with Crippen LogP contribution in [0.3, 0.4) is 0 Å². The van der Waals surface area contributed by atoms with Gasteiger partial charge >= 0.3 is 0 Å². The SMILES string of the molecule is CC(C)=CC(=O)Nc1nc(-c2ccc(C)cc2C)c(N)s1. The Labute approximate surface area is 128 Å². The summed E-state index contributed by atoms with van der Waals surface area (Å²) in [6, 6.07) is 6.13. The number of benzene rings is 1. The topological polar surface area (TPSA) is 68.0 Å². The number of amides is 1. The molecule has 0 unspecified atom stereocenters. The fraction of sp³-hybridized carbons (Fsp3) is 0.250. The van der Waals surface area contributed by atoms with E-state index < -0.39 is 0 Å². The second kappa shape index (κ2) is 6.10. The Morgan fingerprint density at radius 2 is 2.05 bits per heavy atom. The Morgan fingerprint density at radius 1 is 1.33 bits per heavy atom. The lowest BCUT2D eigenvalue weighted by Crippen LogP contribution is -2.07. The van der Waals surface area contributed by atoms with Crippen LogP contribution in [0.5, 0.6) is 0 Å². The van der Waals surface area contributed by atoms with Crippen molar-refractivity contribution in [3.63, 3.8) is 0 Å². The van der Waals surface area contributed by atoms with Gasteiger partial charge in [0.1, 0.15) is 10.7 Å². The number of nitrogens with two attached hydrogens (primary N) is 1. The fourth-order valence-corrected chi connectivity index (χ4v) is 2.81. The van der Waals surface area contributed by atoms with E-state index in [1.54, 1.807) is 0 Å². The summed E-state index contributed by atoms with van der Waals surface area (Å²) in [4.78, 5) is 16.2. The molecule has 1 heterocycles. The first kappa shape index (κ1) is 15.3. The van der Waals surface area contributed by atoms with Crippen LogP contribution in [0.1, 0.15) is 25.0 Å². The molecule has 0 aliphatic heterocycles. The molecule has 0 radical (unpaired) electrons. The third-order valence-corrected chi connectivity index (χ3v) is 3.74. The highest BCUT2D eigenvalue weighted by Crippen LogP contribution is 2.35. The number of hydrogen-bond acceptors (Lipinski definition) is 4. The van der Waals surface area contributed by atoms with Crippen LogP contribution in [0.15, 0.2) is 29.8 Å². The maximum absolute atomic E-state index is 11.7. The van der Waals surface area contributed by atoms with Gasteiger partial charge in [0.05, 0.1) is 0 Å². The van der Waals surface area contributed by atoms with E-state index in [1.807, 2.05) is 39.8 Å². The summed E-state index contributed by atoms with van der Waals surface area (Å²) in [6.07, 6.45) is 1.54. The normalized spacial score (nSPS) is 10.3. The molecule has 110 valence electrons. The van der Waals surface area contributed by atoms with E-state index >= 15 is 0 Å². The Kier molecular flexibility index (Phi) is 4.43. The summed E-state index contributed by atoms with van der Waals surface area (Å²) >= 11 is 1.28. The monoisotopic (exact) mass is 301 g/mol. The smallest absolute Gasteiger partial charge is 0.250 e. The van der Waals surface area contributed by atoms with Crippen molar-refractivity contribution in [2.24, 2.45) is 0 Å². The van der Waals surface area contributed by atoms with Gasteiger partial charge in [-0.1, -0.05) is 40.7 Å². The number of nitrogen functional groups attached to an aromatic ring is 1. The molecule has 1 aromatic carbocycles. The number of hydrogen-bond donors (Lipinski definition) is 2. The molecule has 21 heavy (non-hydrogen) atoms. The van der Waals surface area contributed by atoms with Crippen molar-refractivity contribution in [2.45, 2.75) is 27.7 Å². The van der Waals surface area contributed by atoms with E-state index in [-0.39, 0.29) is 5.91 Å². The van der Waals surface area contributed by atoms with E-state index in [0.717, 1.165) is 22.4 Å². The van der Waals surface area contributed by atoms with Crippen LogP contribution in [0.2, 0.25) is 0 Å². The number of nitrogens with zero attached hydrogens (tertiary/aromatic N) is 1. The molecule has 0 aliphatic carbocycles. The predicted molar refractivity (Wildman–Crippen MR) is 89.5 cm³/mol. The summed E-state index contributed by atoms with van der Waals surface area (Å²) in [5, 5.41) is 3.87. The van der Waals surface area contributed by atoms with Crippen molar-refractivity contribution in [2.75, 3.05) is 11.1 Å². The molecule has 4 nitrogen and oxygen atoms in total. The summed E-state index contributed by atoms with van der Waals surface area (Å²) in [5.74, 6) is -0.184. The summed E-state index contributed by atoms with van der Waals surface area (Å²) in [7, 11) is 0. The van der Waals surface area contributed by atoms with Gasteiger partial charge in [0.25, 0.3) is 0 Å². The molecule has 1 aromatic heterocycles. The third kappa shape index (κ3) is 3.70. The Bertz CT molecular complexity index is 712. The highest BCUT2D eigenvalue weighted by atomic mass is 32.1. The van der Waals surface area contributed by atoms with Gasteiger partial charge in [-0.3, -0.25) is 10.1 Å². The zero-order valence-electron chi connectivity index (χ0n) is 12.7. The highest BCUT2D eigenvalue weighted by Gasteiger charge is 2.13. The maximum atomic E-state index is 11.7. The van der Waals surface area contributed by atoms with Crippen molar-refractivity contribution < 1.29 is 4.79 Å². The second-order valence-corrected chi connectivity index (χ2v) is 6.29. The van der Waals surface area contributed by atoms with Crippen LogP contribution in [0.25, 0.3) is 11.3 Å². The highest BCUT2D eigenvalue weighted by molar-refractivity contribution is 7.20. The minimum absolute atomic E-state index is 0.184.